The number of hydrogen-bond acceptors (Lipinski definition) is 5. The first-order chi connectivity index (χ1) is 11.9. The Hall–Kier alpha value is -1.99. The van der Waals surface area contributed by atoms with E-state index in [9.17, 15) is 14.7 Å². The number of pyridine rings is 1. The van der Waals surface area contributed by atoms with Crippen molar-refractivity contribution in [3.05, 3.63) is 30.1 Å². The van der Waals surface area contributed by atoms with E-state index in [1.165, 1.54) is 6.92 Å². The summed E-state index contributed by atoms with van der Waals surface area (Å²) >= 11 is 0. The molecule has 2 aliphatic rings. The molecule has 0 unspecified atom stereocenters. The van der Waals surface area contributed by atoms with E-state index in [4.69, 9.17) is 4.74 Å². The molecule has 0 bridgehead atoms. The summed E-state index contributed by atoms with van der Waals surface area (Å²) in [6.45, 7) is 3.96. The number of carbonyl (C=O) groups is 2. The second-order valence-corrected chi connectivity index (χ2v) is 7.11. The maximum atomic E-state index is 12.9. The highest BCUT2D eigenvalue weighted by Gasteiger charge is 2.46. The van der Waals surface area contributed by atoms with Gasteiger partial charge in [-0.2, -0.15) is 0 Å². The van der Waals surface area contributed by atoms with Crippen LogP contribution in [0.3, 0.4) is 0 Å². The van der Waals surface area contributed by atoms with Gasteiger partial charge in [-0.25, -0.2) is 0 Å². The van der Waals surface area contributed by atoms with Gasteiger partial charge in [-0.05, 0) is 31.9 Å². The Morgan fingerprint density at radius 1 is 1.44 bits per heavy atom. The zero-order chi connectivity index (χ0) is 18.0. The first kappa shape index (κ1) is 17.8. The zero-order valence-electron chi connectivity index (χ0n) is 14.6. The molecule has 1 aromatic heterocycles. The smallest absolute Gasteiger partial charge is 0.272 e. The largest absolute Gasteiger partial charge is 0.388 e. The van der Waals surface area contributed by atoms with E-state index in [1.54, 1.807) is 36.2 Å². The van der Waals surface area contributed by atoms with Crippen molar-refractivity contribution in [3.8, 4) is 0 Å². The van der Waals surface area contributed by atoms with Gasteiger partial charge in [0.1, 0.15) is 5.69 Å². The number of aliphatic hydroxyl groups is 1. The van der Waals surface area contributed by atoms with E-state index in [-0.39, 0.29) is 30.6 Å². The number of piperidine rings is 1. The topological polar surface area (TPSA) is 91.8 Å². The van der Waals surface area contributed by atoms with Crippen molar-refractivity contribution in [1.82, 2.24) is 15.2 Å². The van der Waals surface area contributed by atoms with E-state index in [0.717, 1.165) is 12.8 Å². The van der Waals surface area contributed by atoms with Gasteiger partial charge < -0.3 is 20.1 Å². The van der Waals surface area contributed by atoms with Crippen molar-refractivity contribution in [2.45, 2.75) is 56.9 Å². The first-order valence-electron chi connectivity index (χ1n) is 8.71. The molecule has 0 aliphatic carbocycles. The Morgan fingerprint density at radius 3 is 2.92 bits per heavy atom. The number of ether oxygens (including phenoxy) is 1. The molecule has 0 aromatic carbocycles. The number of hydrogen-bond donors (Lipinski definition) is 2. The summed E-state index contributed by atoms with van der Waals surface area (Å²) in [7, 11) is 0. The summed E-state index contributed by atoms with van der Waals surface area (Å²) in [5, 5.41) is 13.7. The van der Waals surface area contributed by atoms with Crippen LogP contribution in [-0.2, 0) is 9.53 Å². The molecule has 7 heteroatoms. The van der Waals surface area contributed by atoms with Crippen molar-refractivity contribution in [2.75, 3.05) is 13.2 Å². The minimum atomic E-state index is -1.16. The standard InChI is InChI=1S/C18H25N3O4/c1-12(22)20-16-11-25-15-7-5-9-21(14(15)10-18(16,2)24)17(23)13-6-3-4-8-19-13/h3-4,6,8,14-16,24H,5,7,9-11H2,1-2H3,(H,20,22)/t14-,15-,16-,18-/m1/s1. The Morgan fingerprint density at radius 2 is 2.24 bits per heavy atom. The first-order valence-corrected chi connectivity index (χ1v) is 8.71. The lowest BCUT2D eigenvalue weighted by Gasteiger charge is -2.41. The average Bonchev–Trinajstić information content (AvgIpc) is 2.70. The number of nitrogens with zero attached hydrogens (tertiary/aromatic N) is 2. The summed E-state index contributed by atoms with van der Waals surface area (Å²) in [4.78, 5) is 30.2. The van der Waals surface area contributed by atoms with Gasteiger partial charge in [0.15, 0.2) is 0 Å². The average molecular weight is 347 g/mol. The molecule has 7 nitrogen and oxygen atoms in total. The fraction of sp³-hybridized carbons (Fsp3) is 0.611. The van der Waals surface area contributed by atoms with Gasteiger partial charge in [0.25, 0.3) is 5.91 Å². The fourth-order valence-corrected chi connectivity index (χ4v) is 3.75. The molecule has 0 radical (unpaired) electrons. The lowest BCUT2D eigenvalue weighted by atomic mass is 9.85. The third-order valence-corrected chi connectivity index (χ3v) is 5.09. The van der Waals surface area contributed by atoms with Gasteiger partial charge in [0.05, 0.1) is 30.4 Å². The quantitative estimate of drug-likeness (QED) is 0.823. The minimum absolute atomic E-state index is 0.146. The van der Waals surface area contributed by atoms with Crippen LogP contribution < -0.4 is 5.32 Å². The van der Waals surface area contributed by atoms with Crippen molar-refractivity contribution < 1.29 is 19.4 Å². The maximum absolute atomic E-state index is 12.9. The molecular formula is C18H25N3O4. The van der Waals surface area contributed by atoms with Crippen molar-refractivity contribution >= 4 is 11.8 Å². The summed E-state index contributed by atoms with van der Waals surface area (Å²) in [5.74, 6) is -0.354. The third kappa shape index (κ3) is 3.82. The molecule has 2 fully saturated rings. The van der Waals surface area contributed by atoms with Crippen LogP contribution in [0.1, 0.15) is 43.6 Å². The minimum Gasteiger partial charge on any atom is -0.388 e. The molecule has 3 rings (SSSR count). The maximum Gasteiger partial charge on any atom is 0.272 e. The highest BCUT2D eigenvalue weighted by Crippen LogP contribution is 2.33. The van der Waals surface area contributed by atoms with Crippen LogP contribution in [0.5, 0.6) is 0 Å². The summed E-state index contributed by atoms with van der Waals surface area (Å²) < 4.78 is 5.98. The Balaban J connectivity index is 1.84. The van der Waals surface area contributed by atoms with Crippen molar-refractivity contribution in [1.29, 1.82) is 0 Å². The number of likely N-dealkylation sites (tertiary alicyclic amines) is 1. The molecule has 25 heavy (non-hydrogen) atoms. The molecule has 4 atom stereocenters. The second-order valence-electron chi connectivity index (χ2n) is 7.11. The molecule has 2 amide bonds. The monoisotopic (exact) mass is 347 g/mol. The van der Waals surface area contributed by atoms with Gasteiger partial charge >= 0.3 is 0 Å². The molecule has 1 aromatic rings. The number of nitrogens with one attached hydrogen (secondary N) is 1. The highest BCUT2D eigenvalue weighted by molar-refractivity contribution is 5.92. The van der Waals surface area contributed by atoms with Crippen molar-refractivity contribution in [3.63, 3.8) is 0 Å². The molecule has 2 saturated heterocycles. The summed E-state index contributed by atoms with van der Waals surface area (Å²) in [5.41, 5.74) is -0.768. The van der Waals surface area contributed by atoms with Gasteiger partial charge in [-0.3, -0.25) is 14.6 Å². The van der Waals surface area contributed by atoms with Crippen LogP contribution in [0.15, 0.2) is 24.4 Å². The third-order valence-electron chi connectivity index (χ3n) is 5.09. The molecular weight excluding hydrogens is 322 g/mol. The van der Waals surface area contributed by atoms with Crippen molar-refractivity contribution in [2.24, 2.45) is 0 Å². The lowest BCUT2D eigenvalue weighted by molar-refractivity contribution is -0.122. The number of amides is 2. The second kappa shape index (κ2) is 7.09. The number of fused-ring (bicyclic) bond motifs is 1. The lowest BCUT2D eigenvalue weighted by Crippen LogP contribution is -2.56. The number of carbonyl (C=O) groups excluding carboxylic acids is 2. The molecule has 2 aliphatic heterocycles. The molecule has 136 valence electrons. The number of aromatic nitrogens is 1. The van der Waals surface area contributed by atoms with Gasteiger partial charge in [-0.1, -0.05) is 6.07 Å². The summed E-state index contributed by atoms with van der Waals surface area (Å²) in [6, 6.07) is 4.52. The molecule has 3 heterocycles. The Bertz CT molecular complexity index is 634. The van der Waals surface area contributed by atoms with Gasteiger partial charge in [0, 0.05) is 26.1 Å². The van der Waals surface area contributed by atoms with E-state index in [2.05, 4.69) is 10.3 Å². The highest BCUT2D eigenvalue weighted by atomic mass is 16.5. The van der Waals surface area contributed by atoms with E-state index in [0.29, 0.717) is 18.7 Å². The van der Waals surface area contributed by atoms with Gasteiger partial charge in [-0.15, -0.1) is 0 Å². The Labute approximate surface area is 147 Å². The number of rotatable bonds is 2. The van der Waals surface area contributed by atoms with Crippen LogP contribution in [0.4, 0.5) is 0 Å². The van der Waals surface area contributed by atoms with Crippen LogP contribution in [-0.4, -0.2) is 63.7 Å². The van der Waals surface area contributed by atoms with Crippen LogP contribution >= 0.6 is 0 Å². The predicted octanol–water partition coefficient (Wildman–Crippen LogP) is 0.731. The molecule has 0 spiro atoms. The summed E-state index contributed by atoms with van der Waals surface area (Å²) in [6.07, 6.45) is 3.47. The van der Waals surface area contributed by atoms with Crippen LogP contribution in [0.25, 0.3) is 0 Å². The molecule has 2 N–H and O–H groups in total. The predicted molar refractivity (Wildman–Crippen MR) is 90.9 cm³/mol. The Kier molecular flexibility index (Phi) is 5.06. The van der Waals surface area contributed by atoms with E-state index < -0.39 is 11.6 Å². The normalized spacial score (nSPS) is 32.4. The molecule has 0 saturated carbocycles. The fourth-order valence-electron chi connectivity index (χ4n) is 3.75. The van der Waals surface area contributed by atoms with Crippen LogP contribution in [0.2, 0.25) is 0 Å². The van der Waals surface area contributed by atoms with Crippen LogP contribution in [0, 0.1) is 0 Å². The zero-order valence-corrected chi connectivity index (χ0v) is 14.6. The SMILES string of the molecule is CC(=O)N[C@@H]1CO[C@@H]2CCCN(C(=O)c3ccccn3)[C@@H]2C[C@@]1(C)O. The van der Waals surface area contributed by atoms with E-state index >= 15 is 0 Å². The van der Waals surface area contributed by atoms with Gasteiger partial charge in [0.2, 0.25) is 5.91 Å². The van der Waals surface area contributed by atoms with E-state index in [1.807, 2.05) is 0 Å².